The lowest BCUT2D eigenvalue weighted by atomic mass is 9.99. The molecule has 2 N–H and O–H groups in total. The molecule has 16 heavy (non-hydrogen) atoms. The van der Waals surface area contributed by atoms with Crippen LogP contribution in [0, 0.1) is 0 Å². The van der Waals surface area contributed by atoms with Crippen molar-refractivity contribution in [2.45, 2.75) is 38.3 Å². The van der Waals surface area contributed by atoms with E-state index in [0.717, 1.165) is 12.2 Å². The van der Waals surface area contributed by atoms with Gasteiger partial charge in [-0.2, -0.15) is 0 Å². The van der Waals surface area contributed by atoms with E-state index in [4.69, 9.17) is 5.73 Å². The van der Waals surface area contributed by atoms with Crippen LogP contribution in [-0.2, 0) is 0 Å². The summed E-state index contributed by atoms with van der Waals surface area (Å²) in [5, 5.41) is 0. The molecule has 0 saturated carbocycles. The zero-order chi connectivity index (χ0) is 11.4. The van der Waals surface area contributed by atoms with Crippen LogP contribution in [0.3, 0.4) is 0 Å². The van der Waals surface area contributed by atoms with Crippen molar-refractivity contribution < 1.29 is 0 Å². The van der Waals surface area contributed by atoms with Crippen molar-refractivity contribution in [3.05, 3.63) is 24.3 Å². The van der Waals surface area contributed by atoms with E-state index in [1.54, 1.807) is 12.5 Å². The van der Waals surface area contributed by atoms with Gasteiger partial charge < -0.3 is 5.73 Å². The third-order valence-corrected chi connectivity index (χ3v) is 3.42. The molecule has 4 heteroatoms. The largest absolute Gasteiger partial charge is 0.329 e. The highest BCUT2D eigenvalue weighted by Gasteiger charge is 2.26. The molecule has 2 atom stereocenters. The van der Waals surface area contributed by atoms with Gasteiger partial charge in [0, 0.05) is 18.8 Å². The van der Waals surface area contributed by atoms with E-state index in [-0.39, 0.29) is 6.04 Å². The molecule has 1 aliphatic heterocycles. The smallest absolute Gasteiger partial charge is 0.115 e. The Balaban J connectivity index is 2.15. The molecule has 1 aromatic heterocycles. The van der Waals surface area contributed by atoms with Gasteiger partial charge in [0.25, 0.3) is 0 Å². The summed E-state index contributed by atoms with van der Waals surface area (Å²) < 4.78 is 0. The van der Waals surface area contributed by atoms with Crippen molar-refractivity contribution >= 4 is 0 Å². The second-order valence-electron chi connectivity index (χ2n) is 4.47. The van der Waals surface area contributed by atoms with Gasteiger partial charge in [-0.3, -0.25) is 4.90 Å². The number of likely N-dealkylation sites (tertiary alicyclic amines) is 1. The minimum atomic E-state index is 0.248. The minimum Gasteiger partial charge on any atom is -0.329 e. The quantitative estimate of drug-likeness (QED) is 0.835. The number of nitrogens with two attached hydrogens (primary N) is 1. The lowest BCUT2D eigenvalue weighted by Crippen LogP contribution is -2.43. The second-order valence-corrected chi connectivity index (χ2v) is 4.47. The van der Waals surface area contributed by atoms with Crippen molar-refractivity contribution in [2.24, 2.45) is 5.73 Å². The molecule has 2 unspecified atom stereocenters. The first-order valence-electron chi connectivity index (χ1n) is 6.04. The van der Waals surface area contributed by atoms with Gasteiger partial charge in [-0.15, -0.1) is 0 Å². The molecule has 0 amide bonds. The molecule has 1 fully saturated rings. The molecule has 0 radical (unpaired) electrons. The highest BCUT2D eigenvalue weighted by Crippen LogP contribution is 2.26. The fourth-order valence-corrected chi connectivity index (χ4v) is 2.51. The molecule has 1 aromatic rings. The maximum absolute atomic E-state index is 5.90. The van der Waals surface area contributed by atoms with Crippen LogP contribution in [0.25, 0.3) is 0 Å². The van der Waals surface area contributed by atoms with E-state index in [2.05, 4.69) is 21.8 Å². The van der Waals surface area contributed by atoms with Crippen LogP contribution in [0.1, 0.15) is 37.9 Å². The van der Waals surface area contributed by atoms with Gasteiger partial charge in [0.05, 0.1) is 11.7 Å². The number of piperidine rings is 1. The topological polar surface area (TPSA) is 55.0 Å². The van der Waals surface area contributed by atoms with Crippen LogP contribution >= 0.6 is 0 Å². The molecule has 88 valence electrons. The standard InChI is InChI=1S/C12H20N4/c1-10-4-2-3-7-16(10)12(8-13)11-5-6-14-9-15-11/h5-6,9-10,12H,2-4,7-8,13H2,1H3. The lowest BCUT2D eigenvalue weighted by molar-refractivity contribution is 0.106. The lowest BCUT2D eigenvalue weighted by Gasteiger charge is -2.38. The summed E-state index contributed by atoms with van der Waals surface area (Å²) >= 11 is 0. The Morgan fingerprint density at radius 3 is 3.06 bits per heavy atom. The van der Waals surface area contributed by atoms with E-state index in [1.807, 2.05) is 6.07 Å². The highest BCUT2D eigenvalue weighted by molar-refractivity contribution is 5.06. The molecule has 0 spiro atoms. The minimum absolute atomic E-state index is 0.248. The summed E-state index contributed by atoms with van der Waals surface area (Å²) in [4.78, 5) is 10.8. The van der Waals surface area contributed by atoms with E-state index < -0.39 is 0 Å². The van der Waals surface area contributed by atoms with Crippen molar-refractivity contribution in [1.82, 2.24) is 14.9 Å². The van der Waals surface area contributed by atoms with E-state index >= 15 is 0 Å². The maximum Gasteiger partial charge on any atom is 0.115 e. The van der Waals surface area contributed by atoms with E-state index in [0.29, 0.717) is 12.6 Å². The molecule has 4 nitrogen and oxygen atoms in total. The first-order chi connectivity index (χ1) is 7.83. The van der Waals surface area contributed by atoms with Crippen LogP contribution in [0.5, 0.6) is 0 Å². The Bertz CT molecular complexity index is 314. The van der Waals surface area contributed by atoms with Gasteiger partial charge in [0.1, 0.15) is 6.33 Å². The average Bonchev–Trinajstić information content (AvgIpc) is 2.34. The summed E-state index contributed by atoms with van der Waals surface area (Å²) in [6.45, 7) is 4.04. The molecular formula is C12H20N4. The number of hydrogen-bond donors (Lipinski definition) is 1. The Morgan fingerprint density at radius 1 is 1.56 bits per heavy atom. The van der Waals surface area contributed by atoms with Crippen LogP contribution in [0.15, 0.2) is 18.6 Å². The third-order valence-electron chi connectivity index (χ3n) is 3.42. The van der Waals surface area contributed by atoms with Crippen LogP contribution in [0.4, 0.5) is 0 Å². The van der Waals surface area contributed by atoms with Crippen molar-refractivity contribution in [2.75, 3.05) is 13.1 Å². The van der Waals surface area contributed by atoms with Gasteiger partial charge in [-0.25, -0.2) is 9.97 Å². The number of hydrogen-bond acceptors (Lipinski definition) is 4. The molecule has 0 bridgehead atoms. The molecule has 2 rings (SSSR count). The van der Waals surface area contributed by atoms with Crippen molar-refractivity contribution in [1.29, 1.82) is 0 Å². The Morgan fingerprint density at radius 2 is 2.44 bits per heavy atom. The molecule has 2 heterocycles. The first-order valence-corrected chi connectivity index (χ1v) is 6.04. The van der Waals surface area contributed by atoms with Crippen LogP contribution in [0.2, 0.25) is 0 Å². The Kier molecular flexibility index (Phi) is 3.85. The fourth-order valence-electron chi connectivity index (χ4n) is 2.51. The third kappa shape index (κ3) is 2.39. The summed E-state index contributed by atoms with van der Waals surface area (Å²) in [6.07, 6.45) is 7.26. The normalized spacial score (nSPS) is 24.2. The molecule has 1 saturated heterocycles. The van der Waals surface area contributed by atoms with E-state index in [1.165, 1.54) is 19.3 Å². The average molecular weight is 220 g/mol. The zero-order valence-corrected chi connectivity index (χ0v) is 9.84. The second kappa shape index (κ2) is 5.37. The van der Waals surface area contributed by atoms with Crippen LogP contribution in [-0.4, -0.2) is 34.0 Å². The molecule has 0 aromatic carbocycles. The summed E-state index contributed by atoms with van der Waals surface area (Å²) in [6, 6.07) is 2.83. The summed E-state index contributed by atoms with van der Waals surface area (Å²) in [7, 11) is 0. The highest BCUT2D eigenvalue weighted by atomic mass is 15.2. The number of aromatic nitrogens is 2. The number of nitrogens with zero attached hydrogens (tertiary/aromatic N) is 3. The van der Waals surface area contributed by atoms with Gasteiger partial charge in [-0.1, -0.05) is 6.42 Å². The molecule has 0 aliphatic carbocycles. The molecular weight excluding hydrogens is 200 g/mol. The SMILES string of the molecule is CC1CCCCN1C(CN)c1ccncn1. The zero-order valence-electron chi connectivity index (χ0n) is 9.84. The van der Waals surface area contributed by atoms with Crippen molar-refractivity contribution in [3.8, 4) is 0 Å². The van der Waals surface area contributed by atoms with E-state index in [9.17, 15) is 0 Å². The fraction of sp³-hybridized carbons (Fsp3) is 0.667. The van der Waals surface area contributed by atoms with Crippen LogP contribution < -0.4 is 5.73 Å². The van der Waals surface area contributed by atoms with Gasteiger partial charge >= 0.3 is 0 Å². The Labute approximate surface area is 96.9 Å². The van der Waals surface area contributed by atoms with Gasteiger partial charge in [0.15, 0.2) is 0 Å². The molecule has 1 aliphatic rings. The number of rotatable bonds is 3. The summed E-state index contributed by atoms with van der Waals surface area (Å²) in [5.74, 6) is 0. The predicted molar refractivity (Wildman–Crippen MR) is 63.8 cm³/mol. The summed E-state index contributed by atoms with van der Waals surface area (Å²) in [5.41, 5.74) is 6.94. The Hall–Kier alpha value is -1.00. The van der Waals surface area contributed by atoms with Crippen molar-refractivity contribution in [3.63, 3.8) is 0 Å². The first kappa shape index (κ1) is 11.5. The predicted octanol–water partition coefficient (Wildman–Crippen LogP) is 1.35. The van der Waals surface area contributed by atoms with Gasteiger partial charge in [0.2, 0.25) is 0 Å². The monoisotopic (exact) mass is 220 g/mol. The maximum atomic E-state index is 5.90. The van der Waals surface area contributed by atoms with Gasteiger partial charge in [-0.05, 0) is 32.4 Å².